The predicted molar refractivity (Wildman–Crippen MR) is 81.2 cm³/mol. The van der Waals surface area contributed by atoms with Crippen LogP contribution in [-0.2, 0) is 0 Å². The maximum atomic E-state index is 13.7. The first-order chi connectivity index (χ1) is 9.63. The number of aryl methyl sites for hydroxylation is 1. The number of hydrogen-bond acceptors (Lipinski definition) is 1. The largest absolute Gasteiger partial charge is 0.307 e. The summed E-state index contributed by atoms with van der Waals surface area (Å²) in [6, 6.07) is 6.49. The van der Waals surface area contributed by atoms with Gasteiger partial charge in [-0.1, -0.05) is 25.0 Å². The topological polar surface area (TPSA) is 12.0 Å². The fourth-order valence-corrected chi connectivity index (χ4v) is 3.70. The summed E-state index contributed by atoms with van der Waals surface area (Å²) in [6.45, 7) is 3.98. The Hall–Kier alpha value is -0.890. The van der Waals surface area contributed by atoms with Crippen molar-refractivity contribution in [2.45, 2.75) is 64.5 Å². The number of benzene rings is 1. The Morgan fingerprint density at radius 1 is 1.15 bits per heavy atom. The molecule has 1 aromatic carbocycles. The number of halogens is 1. The Morgan fingerprint density at radius 3 is 2.65 bits per heavy atom. The van der Waals surface area contributed by atoms with Gasteiger partial charge in [0, 0.05) is 12.1 Å². The molecule has 2 aliphatic carbocycles. The summed E-state index contributed by atoms with van der Waals surface area (Å²) in [5.41, 5.74) is 1.80. The maximum absolute atomic E-state index is 13.7. The van der Waals surface area contributed by atoms with Crippen molar-refractivity contribution in [3.05, 3.63) is 35.1 Å². The van der Waals surface area contributed by atoms with Crippen LogP contribution < -0.4 is 5.32 Å². The lowest BCUT2D eigenvalue weighted by molar-refractivity contribution is 0.249. The van der Waals surface area contributed by atoms with Gasteiger partial charge in [-0.05, 0) is 68.6 Å². The Bertz CT molecular complexity index is 466. The van der Waals surface area contributed by atoms with Crippen molar-refractivity contribution >= 4 is 0 Å². The van der Waals surface area contributed by atoms with Gasteiger partial charge in [-0.25, -0.2) is 4.39 Å². The molecule has 2 fully saturated rings. The molecule has 3 rings (SSSR count). The fourth-order valence-electron chi connectivity index (χ4n) is 3.70. The van der Waals surface area contributed by atoms with Crippen molar-refractivity contribution in [1.29, 1.82) is 0 Å². The van der Waals surface area contributed by atoms with Crippen LogP contribution in [-0.4, -0.2) is 6.04 Å². The summed E-state index contributed by atoms with van der Waals surface area (Å²) in [4.78, 5) is 0. The summed E-state index contributed by atoms with van der Waals surface area (Å²) in [7, 11) is 0. The number of rotatable bonds is 4. The second-order valence-corrected chi connectivity index (χ2v) is 6.86. The van der Waals surface area contributed by atoms with E-state index < -0.39 is 0 Å². The highest BCUT2D eigenvalue weighted by Crippen LogP contribution is 2.44. The third-order valence-corrected chi connectivity index (χ3v) is 5.19. The van der Waals surface area contributed by atoms with Crippen LogP contribution in [0.4, 0.5) is 4.39 Å². The minimum atomic E-state index is -0.0874. The quantitative estimate of drug-likeness (QED) is 0.836. The van der Waals surface area contributed by atoms with Crippen LogP contribution in [0.1, 0.15) is 62.6 Å². The van der Waals surface area contributed by atoms with E-state index in [1.807, 2.05) is 13.0 Å². The lowest BCUT2D eigenvalue weighted by Crippen LogP contribution is -2.36. The molecule has 110 valence electrons. The van der Waals surface area contributed by atoms with Crippen molar-refractivity contribution in [3.8, 4) is 0 Å². The second kappa shape index (κ2) is 5.85. The van der Waals surface area contributed by atoms with E-state index in [2.05, 4.69) is 18.3 Å². The molecule has 3 unspecified atom stereocenters. The van der Waals surface area contributed by atoms with Gasteiger partial charge in [-0.15, -0.1) is 0 Å². The summed E-state index contributed by atoms with van der Waals surface area (Å²) in [5.74, 6) is 1.88. The average Bonchev–Trinajstić information content (AvgIpc) is 3.26. The lowest BCUT2D eigenvalue weighted by Gasteiger charge is -2.32. The first-order valence-electron chi connectivity index (χ1n) is 8.15. The monoisotopic (exact) mass is 275 g/mol. The molecule has 0 aliphatic heterocycles. The van der Waals surface area contributed by atoms with Crippen LogP contribution in [0.15, 0.2) is 18.2 Å². The van der Waals surface area contributed by atoms with Crippen molar-refractivity contribution < 1.29 is 4.39 Å². The van der Waals surface area contributed by atoms with Crippen molar-refractivity contribution in [2.75, 3.05) is 0 Å². The molecular formula is C18H26FN. The van der Waals surface area contributed by atoms with Gasteiger partial charge in [0.2, 0.25) is 0 Å². The Morgan fingerprint density at radius 2 is 1.95 bits per heavy atom. The highest BCUT2D eigenvalue weighted by molar-refractivity contribution is 5.25. The SMILES string of the molecule is Cc1ccc(C(C)NC2CCCC(C3CC3)C2)cc1F. The molecule has 2 heteroatoms. The zero-order chi connectivity index (χ0) is 14.1. The summed E-state index contributed by atoms with van der Waals surface area (Å²) in [6.07, 6.45) is 8.29. The molecule has 0 aromatic heterocycles. The molecule has 20 heavy (non-hydrogen) atoms. The molecule has 1 nitrogen and oxygen atoms in total. The lowest BCUT2D eigenvalue weighted by atomic mass is 9.82. The molecule has 0 bridgehead atoms. The number of nitrogens with one attached hydrogen (secondary N) is 1. The molecule has 1 aromatic rings. The molecule has 3 atom stereocenters. The fraction of sp³-hybridized carbons (Fsp3) is 0.667. The van der Waals surface area contributed by atoms with Crippen molar-refractivity contribution in [1.82, 2.24) is 5.32 Å². The zero-order valence-electron chi connectivity index (χ0n) is 12.7. The standard InChI is InChI=1S/C18H26FN/c1-12-6-7-15(11-18(12)19)13(2)20-17-5-3-4-16(10-17)14-8-9-14/h6-7,11,13-14,16-17,20H,3-5,8-10H2,1-2H3. The number of hydrogen-bond donors (Lipinski definition) is 1. The molecule has 0 radical (unpaired) electrons. The van der Waals surface area contributed by atoms with Crippen LogP contribution in [0.5, 0.6) is 0 Å². The smallest absolute Gasteiger partial charge is 0.126 e. The summed E-state index contributed by atoms with van der Waals surface area (Å²) < 4.78 is 13.7. The third-order valence-electron chi connectivity index (χ3n) is 5.19. The van der Waals surface area contributed by atoms with E-state index in [0.29, 0.717) is 6.04 Å². The third kappa shape index (κ3) is 3.22. The van der Waals surface area contributed by atoms with E-state index in [4.69, 9.17) is 0 Å². The van der Waals surface area contributed by atoms with Gasteiger partial charge in [0.25, 0.3) is 0 Å². The molecule has 2 saturated carbocycles. The van der Waals surface area contributed by atoms with Gasteiger partial charge in [0.1, 0.15) is 5.82 Å². The Kier molecular flexibility index (Phi) is 4.11. The highest BCUT2D eigenvalue weighted by atomic mass is 19.1. The van der Waals surface area contributed by atoms with Gasteiger partial charge in [-0.3, -0.25) is 0 Å². The van der Waals surface area contributed by atoms with Crippen molar-refractivity contribution in [2.24, 2.45) is 11.8 Å². The van der Waals surface area contributed by atoms with E-state index in [0.717, 1.165) is 23.0 Å². The molecule has 0 amide bonds. The zero-order valence-corrected chi connectivity index (χ0v) is 12.7. The highest BCUT2D eigenvalue weighted by Gasteiger charge is 2.34. The summed E-state index contributed by atoms with van der Waals surface area (Å²) >= 11 is 0. The van der Waals surface area contributed by atoms with E-state index in [1.165, 1.54) is 38.5 Å². The first-order valence-corrected chi connectivity index (χ1v) is 8.15. The van der Waals surface area contributed by atoms with E-state index in [9.17, 15) is 4.39 Å². The van der Waals surface area contributed by atoms with Crippen LogP contribution in [0.2, 0.25) is 0 Å². The molecule has 0 spiro atoms. The normalized spacial score (nSPS) is 28.4. The van der Waals surface area contributed by atoms with Gasteiger partial charge in [0.15, 0.2) is 0 Å². The molecule has 0 heterocycles. The molecule has 0 saturated heterocycles. The van der Waals surface area contributed by atoms with Gasteiger partial charge in [-0.2, -0.15) is 0 Å². The first kappa shape index (κ1) is 14.1. The molecular weight excluding hydrogens is 249 g/mol. The molecule has 2 aliphatic rings. The van der Waals surface area contributed by atoms with Gasteiger partial charge in [0.05, 0.1) is 0 Å². The minimum Gasteiger partial charge on any atom is -0.307 e. The van der Waals surface area contributed by atoms with E-state index in [1.54, 1.807) is 6.07 Å². The molecule has 1 N–H and O–H groups in total. The van der Waals surface area contributed by atoms with Gasteiger partial charge < -0.3 is 5.32 Å². The van der Waals surface area contributed by atoms with E-state index >= 15 is 0 Å². The minimum absolute atomic E-state index is 0.0874. The average molecular weight is 275 g/mol. The van der Waals surface area contributed by atoms with Crippen molar-refractivity contribution in [3.63, 3.8) is 0 Å². The predicted octanol–water partition coefficient (Wildman–Crippen LogP) is 4.75. The van der Waals surface area contributed by atoms with Crippen LogP contribution in [0.25, 0.3) is 0 Å². The van der Waals surface area contributed by atoms with Crippen LogP contribution >= 0.6 is 0 Å². The van der Waals surface area contributed by atoms with Crippen LogP contribution in [0.3, 0.4) is 0 Å². The van der Waals surface area contributed by atoms with E-state index in [-0.39, 0.29) is 11.9 Å². The van der Waals surface area contributed by atoms with Gasteiger partial charge >= 0.3 is 0 Å². The Labute approximate surface area is 122 Å². The van der Waals surface area contributed by atoms with Crippen LogP contribution in [0, 0.1) is 24.6 Å². The Balaban J connectivity index is 1.59. The maximum Gasteiger partial charge on any atom is 0.126 e. The summed E-state index contributed by atoms with van der Waals surface area (Å²) in [5, 5.41) is 3.73. The second-order valence-electron chi connectivity index (χ2n) is 6.86.